The predicted molar refractivity (Wildman–Crippen MR) is 365 cm³/mol. The highest BCUT2D eigenvalue weighted by Gasteiger charge is 2.23. The minimum atomic E-state index is 0.562. The van der Waals surface area contributed by atoms with Crippen LogP contribution in [0.1, 0.15) is 0 Å². The third-order valence-corrected chi connectivity index (χ3v) is 16.7. The molecule has 0 N–H and O–H groups in total. The highest BCUT2D eigenvalue weighted by Crippen LogP contribution is 2.43. The molecule has 3 heterocycles. The molecule has 7 nitrogen and oxygen atoms in total. The lowest BCUT2D eigenvalue weighted by Gasteiger charge is -2.25. The van der Waals surface area contributed by atoms with Gasteiger partial charge in [0.2, 0.25) is 0 Å². The highest BCUT2D eigenvalue weighted by molar-refractivity contribution is 6.12. The molecule has 0 atom stereocenters. The fraction of sp³-hybridized carbons (Fsp3) is 0. The lowest BCUT2D eigenvalue weighted by Crippen LogP contribution is -2.09. The largest absolute Gasteiger partial charge is 0.310 e. The van der Waals surface area contributed by atoms with Gasteiger partial charge in [0.05, 0.1) is 22.1 Å². The van der Waals surface area contributed by atoms with Crippen molar-refractivity contribution in [1.29, 1.82) is 0 Å². The molecule has 16 aromatic rings. The number of aromatic nitrogens is 5. The van der Waals surface area contributed by atoms with Gasteiger partial charge in [-0.15, -0.1) is 0 Å². The van der Waals surface area contributed by atoms with Gasteiger partial charge >= 0.3 is 0 Å². The van der Waals surface area contributed by atoms with Crippen LogP contribution in [-0.2, 0) is 0 Å². The molecule has 16 rings (SSSR count). The van der Waals surface area contributed by atoms with E-state index in [0.29, 0.717) is 17.5 Å². The van der Waals surface area contributed by atoms with Crippen LogP contribution in [0, 0.1) is 0 Å². The van der Waals surface area contributed by atoms with Crippen molar-refractivity contribution < 1.29 is 0 Å². The number of fused-ring (bicyclic) bond motifs is 6. The minimum Gasteiger partial charge on any atom is -0.310 e. The molecule has 0 saturated heterocycles. The smallest absolute Gasteiger partial charge is 0.164 e. The molecule has 3 aromatic heterocycles. The Morgan fingerprint density at radius 3 is 1.01 bits per heavy atom. The molecule has 7 heteroatoms. The molecule has 0 amide bonds. The van der Waals surface area contributed by atoms with Gasteiger partial charge in [-0.3, -0.25) is 0 Å². The van der Waals surface area contributed by atoms with Crippen molar-refractivity contribution in [3.8, 4) is 67.8 Å². The molecule has 0 saturated carbocycles. The number of anilines is 6. The molecular weight excluding hydrogens is 1070 g/mol. The standard InChI is InChI=1S/C81H55N7/c1-7-25-56(26-8-1)58-45-48-69(57-27-9-2-10-28-57)74(53-58)81-83-79(59-29-23-39-65(51-59)87-75-43-21-19-41-70(75)72-54-67(46-49-77(72)87)85(61-31-11-3-12-32-61)62-33-13-4-14-34-62)82-80(84-81)60-30-24-40-66(52-60)88-76-44-22-20-42-71(76)73-55-68(47-50-78(73)88)86(63-35-15-5-16-36-63)64-37-17-6-18-38-64/h1-55H. The normalized spacial score (nSPS) is 11.4. The minimum absolute atomic E-state index is 0.562. The second-order valence-electron chi connectivity index (χ2n) is 22.0. The maximum atomic E-state index is 5.53. The Kier molecular flexibility index (Phi) is 13.1. The van der Waals surface area contributed by atoms with Crippen molar-refractivity contribution in [3.05, 3.63) is 334 Å². The Bertz CT molecular complexity index is 4860. The van der Waals surface area contributed by atoms with Crippen LogP contribution < -0.4 is 9.80 Å². The lowest BCUT2D eigenvalue weighted by atomic mass is 9.94. The quantitative estimate of drug-likeness (QED) is 0.115. The van der Waals surface area contributed by atoms with Gasteiger partial charge in [0.25, 0.3) is 0 Å². The van der Waals surface area contributed by atoms with Gasteiger partial charge in [-0.05, 0) is 150 Å². The van der Waals surface area contributed by atoms with Crippen molar-refractivity contribution in [1.82, 2.24) is 24.1 Å². The first-order valence-electron chi connectivity index (χ1n) is 29.8. The summed E-state index contributed by atoms with van der Waals surface area (Å²) in [6, 6.07) is 118. The number of nitrogens with zero attached hydrogens (tertiary/aromatic N) is 7. The zero-order valence-corrected chi connectivity index (χ0v) is 47.9. The molecule has 0 aliphatic carbocycles. The van der Waals surface area contributed by atoms with Crippen molar-refractivity contribution >= 4 is 77.7 Å². The van der Waals surface area contributed by atoms with Crippen LogP contribution in [-0.4, -0.2) is 24.1 Å². The highest BCUT2D eigenvalue weighted by atomic mass is 15.2. The number of hydrogen-bond acceptors (Lipinski definition) is 5. The zero-order chi connectivity index (χ0) is 58.3. The van der Waals surface area contributed by atoms with Crippen LogP contribution in [0.25, 0.3) is 111 Å². The summed E-state index contributed by atoms with van der Waals surface area (Å²) in [5.74, 6) is 1.70. The monoisotopic (exact) mass is 1130 g/mol. The average molecular weight is 1130 g/mol. The SMILES string of the molecule is c1ccc(-c2ccc(-c3ccccc3)c(-c3nc(-c4cccc(-n5c6ccccc6c6cc(N(c7ccccc7)c7ccccc7)ccc65)c4)nc(-c4cccc(-n5c6ccccc6c6cc(N(c7ccccc7)c7ccccc7)ccc65)c4)n3)c2)cc1. The second-order valence-corrected chi connectivity index (χ2v) is 22.0. The molecule has 414 valence electrons. The van der Waals surface area contributed by atoms with Crippen LogP contribution in [0.2, 0.25) is 0 Å². The van der Waals surface area contributed by atoms with Crippen LogP contribution in [0.4, 0.5) is 34.1 Å². The Hall–Kier alpha value is -11.9. The lowest BCUT2D eigenvalue weighted by molar-refractivity contribution is 1.07. The first kappa shape index (κ1) is 51.7. The van der Waals surface area contributed by atoms with E-state index in [9.17, 15) is 0 Å². The van der Waals surface area contributed by atoms with Gasteiger partial charge < -0.3 is 18.9 Å². The summed E-state index contributed by atoms with van der Waals surface area (Å²) in [5.41, 5.74) is 19.8. The molecule has 0 aliphatic heterocycles. The Balaban J connectivity index is 0.867. The first-order valence-corrected chi connectivity index (χ1v) is 29.8. The zero-order valence-electron chi connectivity index (χ0n) is 47.9. The predicted octanol–water partition coefficient (Wildman–Crippen LogP) is 21.3. The van der Waals surface area contributed by atoms with Crippen molar-refractivity contribution in [2.24, 2.45) is 0 Å². The van der Waals surface area contributed by atoms with Gasteiger partial charge in [0.15, 0.2) is 17.5 Å². The Morgan fingerprint density at radius 1 is 0.205 bits per heavy atom. The third-order valence-electron chi connectivity index (χ3n) is 16.7. The van der Waals surface area contributed by atoms with E-state index in [2.05, 4.69) is 353 Å². The summed E-state index contributed by atoms with van der Waals surface area (Å²) in [6.45, 7) is 0. The average Bonchev–Trinajstić information content (AvgIpc) is 2.24. The van der Waals surface area contributed by atoms with E-state index in [4.69, 9.17) is 15.0 Å². The fourth-order valence-corrected chi connectivity index (χ4v) is 12.7. The van der Waals surface area contributed by atoms with Crippen LogP contribution in [0.15, 0.2) is 334 Å². The van der Waals surface area contributed by atoms with Gasteiger partial charge in [-0.1, -0.05) is 206 Å². The topological polar surface area (TPSA) is 55.0 Å². The maximum absolute atomic E-state index is 5.53. The summed E-state index contributed by atoms with van der Waals surface area (Å²) in [5, 5.41) is 4.62. The van der Waals surface area contributed by atoms with E-state index in [-0.39, 0.29) is 0 Å². The van der Waals surface area contributed by atoms with Gasteiger partial charge in [0.1, 0.15) is 0 Å². The van der Waals surface area contributed by atoms with Crippen molar-refractivity contribution in [2.45, 2.75) is 0 Å². The van der Waals surface area contributed by atoms with E-state index in [1.54, 1.807) is 0 Å². The summed E-state index contributed by atoms with van der Waals surface area (Å²) >= 11 is 0. The summed E-state index contributed by atoms with van der Waals surface area (Å²) in [4.78, 5) is 21.2. The molecule has 13 aromatic carbocycles. The summed E-state index contributed by atoms with van der Waals surface area (Å²) < 4.78 is 4.73. The number of benzene rings is 13. The third kappa shape index (κ3) is 9.40. The molecule has 0 bridgehead atoms. The number of rotatable bonds is 13. The molecular formula is C81H55N7. The number of hydrogen-bond donors (Lipinski definition) is 0. The molecule has 0 radical (unpaired) electrons. The Morgan fingerprint density at radius 2 is 0.568 bits per heavy atom. The summed E-state index contributed by atoms with van der Waals surface area (Å²) in [6.07, 6.45) is 0. The molecule has 0 unspecified atom stereocenters. The first-order chi connectivity index (χ1) is 43.6. The van der Waals surface area contributed by atoms with Crippen LogP contribution in [0.5, 0.6) is 0 Å². The molecule has 0 fully saturated rings. The van der Waals surface area contributed by atoms with E-state index >= 15 is 0 Å². The fourth-order valence-electron chi connectivity index (χ4n) is 12.7. The van der Waals surface area contributed by atoms with Gasteiger partial charge in [0, 0.05) is 83.7 Å². The maximum Gasteiger partial charge on any atom is 0.164 e. The van der Waals surface area contributed by atoms with Crippen molar-refractivity contribution in [2.75, 3.05) is 9.80 Å². The summed E-state index contributed by atoms with van der Waals surface area (Å²) in [7, 11) is 0. The van der Waals surface area contributed by atoms with Crippen LogP contribution in [0.3, 0.4) is 0 Å². The van der Waals surface area contributed by atoms with Gasteiger partial charge in [-0.25, -0.2) is 15.0 Å². The Labute approximate surface area is 510 Å². The number of para-hydroxylation sites is 6. The molecule has 0 spiro atoms. The second kappa shape index (κ2) is 22.2. The molecule has 0 aliphatic rings. The van der Waals surface area contributed by atoms with E-state index in [1.807, 2.05) is 0 Å². The van der Waals surface area contributed by atoms with E-state index < -0.39 is 0 Å². The van der Waals surface area contributed by atoms with Crippen LogP contribution >= 0.6 is 0 Å². The van der Waals surface area contributed by atoms with Gasteiger partial charge in [-0.2, -0.15) is 0 Å². The van der Waals surface area contributed by atoms with E-state index in [0.717, 1.165) is 128 Å². The van der Waals surface area contributed by atoms with E-state index in [1.165, 1.54) is 0 Å². The van der Waals surface area contributed by atoms with Crippen molar-refractivity contribution in [3.63, 3.8) is 0 Å². The molecule has 88 heavy (non-hydrogen) atoms.